The molecule has 0 saturated carbocycles. The van der Waals surface area contributed by atoms with Crippen LogP contribution >= 0.6 is 0 Å². The van der Waals surface area contributed by atoms with Gasteiger partial charge in [-0.15, -0.1) is 0 Å². The third kappa shape index (κ3) is 2.99. The maximum absolute atomic E-state index is 12.3. The average Bonchev–Trinajstić information content (AvgIpc) is 2.43. The van der Waals surface area contributed by atoms with Crippen molar-refractivity contribution in [2.45, 2.75) is 45.2 Å². The molecule has 0 radical (unpaired) electrons. The van der Waals surface area contributed by atoms with Gasteiger partial charge < -0.3 is 5.11 Å². The summed E-state index contributed by atoms with van der Waals surface area (Å²) >= 11 is 0. The lowest BCUT2D eigenvalue weighted by molar-refractivity contribution is 0.0367. The molecule has 1 heterocycles. The molecule has 1 aromatic carbocycles. The number of hydrazine groups is 1. The fourth-order valence-corrected chi connectivity index (χ4v) is 2.69. The number of nitrogens with one attached hydrogen (secondary N) is 1. The predicted molar refractivity (Wildman–Crippen MR) is 75.5 cm³/mol. The van der Waals surface area contributed by atoms with Gasteiger partial charge in [0.25, 0.3) is 5.91 Å². The van der Waals surface area contributed by atoms with Crippen LogP contribution in [0.3, 0.4) is 0 Å². The molecule has 0 bridgehead atoms. The molecular weight excluding hydrogens is 256 g/mol. The summed E-state index contributed by atoms with van der Waals surface area (Å²) in [5.74, 6) is -1.45. The van der Waals surface area contributed by atoms with E-state index in [0.717, 1.165) is 19.3 Å². The number of piperidine rings is 1. The minimum atomic E-state index is -1.09. The van der Waals surface area contributed by atoms with E-state index in [4.69, 9.17) is 5.11 Å². The fraction of sp³-hybridized carbons (Fsp3) is 0.467. The lowest BCUT2D eigenvalue weighted by Gasteiger charge is -2.38. The lowest BCUT2D eigenvalue weighted by Crippen LogP contribution is -2.54. The van der Waals surface area contributed by atoms with Gasteiger partial charge in [0, 0.05) is 12.1 Å². The molecule has 2 unspecified atom stereocenters. The number of aromatic carboxylic acids is 1. The van der Waals surface area contributed by atoms with Crippen molar-refractivity contribution in [1.82, 2.24) is 10.4 Å². The summed E-state index contributed by atoms with van der Waals surface area (Å²) in [4.78, 5) is 23.5. The monoisotopic (exact) mass is 276 g/mol. The fourth-order valence-electron chi connectivity index (χ4n) is 2.69. The number of hydrogen-bond acceptors (Lipinski definition) is 3. The number of carbonyl (C=O) groups is 2. The van der Waals surface area contributed by atoms with Gasteiger partial charge in [0.05, 0.1) is 11.1 Å². The molecule has 1 amide bonds. The lowest BCUT2D eigenvalue weighted by atomic mass is 9.99. The van der Waals surface area contributed by atoms with Crippen LogP contribution in [-0.4, -0.2) is 34.1 Å². The van der Waals surface area contributed by atoms with Crippen molar-refractivity contribution in [3.63, 3.8) is 0 Å². The molecule has 2 atom stereocenters. The first-order valence-electron chi connectivity index (χ1n) is 6.92. The van der Waals surface area contributed by atoms with Gasteiger partial charge in [0.15, 0.2) is 0 Å². The average molecular weight is 276 g/mol. The minimum absolute atomic E-state index is 0.0299. The zero-order chi connectivity index (χ0) is 14.7. The molecule has 5 nitrogen and oxygen atoms in total. The van der Waals surface area contributed by atoms with Crippen molar-refractivity contribution < 1.29 is 14.7 Å². The molecule has 2 rings (SSSR count). The van der Waals surface area contributed by atoms with Crippen molar-refractivity contribution >= 4 is 11.9 Å². The normalized spacial score (nSPS) is 23.3. The molecule has 1 aromatic rings. The molecule has 108 valence electrons. The quantitative estimate of drug-likeness (QED) is 0.888. The van der Waals surface area contributed by atoms with Crippen LogP contribution in [0.25, 0.3) is 0 Å². The van der Waals surface area contributed by atoms with Crippen molar-refractivity contribution in [3.8, 4) is 0 Å². The highest BCUT2D eigenvalue weighted by atomic mass is 16.4. The number of carboxylic acid groups (broad SMARTS) is 1. The number of carboxylic acids is 1. The maximum Gasteiger partial charge on any atom is 0.336 e. The molecule has 0 spiro atoms. The first kappa shape index (κ1) is 14.5. The molecule has 5 heteroatoms. The molecule has 1 aliphatic heterocycles. The second-order valence-electron chi connectivity index (χ2n) is 5.33. The van der Waals surface area contributed by atoms with Gasteiger partial charge in [-0.3, -0.25) is 10.2 Å². The molecule has 1 fully saturated rings. The second-order valence-corrected chi connectivity index (χ2v) is 5.33. The van der Waals surface area contributed by atoms with E-state index in [-0.39, 0.29) is 29.1 Å². The highest BCUT2D eigenvalue weighted by Crippen LogP contribution is 2.21. The van der Waals surface area contributed by atoms with Crippen LogP contribution < -0.4 is 5.43 Å². The molecule has 0 aliphatic carbocycles. The first-order chi connectivity index (χ1) is 9.50. The SMILES string of the molecule is CC1CCCC(C)N1NC(=O)c1ccccc1C(=O)O. The van der Waals surface area contributed by atoms with Gasteiger partial charge in [-0.2, -0.15) is 0 Å². The summed E-state index contributed by atoms with van der Waals surface area (Å²) in [6.45, 7) is 4.14. The zero-order valence-electron chi connectivity index (χ0n) is 11.8. The van der Waals surface area contributed by atoms with E-state index >= 15 is 0 Å². The summed E-state index contributed by atoms with van der Waals surface area (Å²) in [6, 6.07) is 6.80. The number of benzene rings is 1. The van der Waals surface area contributed by atoms with Crippen LogP contribution in [0.15, 0.2) is 24.3 Å². The first-order valence-corrected chi connectivity index (χ1v) is 6.92. The summed E-state index contributed by atoms with van der Waals surface area (Å²) in [6.07, 6.45) is 3.22. The third-order valence-corrected chi connectivity index (χ3v) is 3.83. The Morgan fingerprint density at radius 1 is 1.15 bits per heavy atom. The van der Waals surface area contributed by atoms with Crippen molar-refractivity contribution in [2.75, 3.05) is 0 Å². The van der Waals surface area contributed by atoms with E-state index in [0.29, 0.717) is 0 Å². The van der Waals surface area contributed by atoms with Crippen LogP contribution in [0.4, 0.5) is 0 Å². The van der Waals surface area contributed by atoms with Crippen LogP contribution in [-0.2, 0) is 0 Å². The Bertz CT molecular complexity index is 506. The number of rotatable bonds is 3. The Kier molecular flexibility index (Phi) is 4.39. The van der Waals surface area contributed by atoms with E-state index in [2.05, 4.69) is 19.3 Å². The Morgan fingerprint density at radius 2 is 1.70 bits per heavy atom. The molecule has 2 N–H and O–H groups in total. The van der Waals surface area contributed by atoms with E-state index < -0.39 is 5.97 Å². The van der Waals surface area contributed by atoms with Gasteiger partial charge in [0.2, 0.25) is 0 Å². The van der Waals surface area contributed by atoms with Crippen LogP contribution in [0.5, 0.6) is 0 Å². The van der Waals surface area contributed by atoms with E-state index in [1.54, 1.807) is 12.1 Å². The van der Waals surface area contributed by atoms with E-state index in [1.165, 1.54) is 12.1 Å². The second kappa shape index (κ2) is 6.05. The van der Waals surface area contributed by atoms with Crippen LogP contribution in [0.2, 0.25) is 0 Å². The van der Waals surface area contributed by atoms with Crippen molar-refractivity contribution in [3.05, 3.63) is 35.4 Å². The smallest absolute Gasteiger partial charge is 0.336 e. The van der Waals surface area contributed by atoms with Gasteiger partial charge >= 0.3 is 5.97 Å². The number of amides is 1. The molecule has 0 aromatic heterocycles. The standard InChI is InChI=1S/C15H20N2O3/c1-10-6-5-7-11(2)17(10)16-14(18)12-8-3-4-9-13(12)15(19)20/h3-4,8-11H,5-7H2,1-2H3,(H,16,18)(H,19,20). The van der Waals surface area contributed by atoms with Crippen LogP contribution in [0.1, 0.15) is 53.8 Å². The topological polar surface area (TPSA) is 69.6 Å². The minimum Gasteiger partial charge on any atom is -0.478 e. The van der Waals surface area contributed by atoms with Gasteiger partial charge in [-0.25, -0.2) is 9.80 Å². The predicted octanol–water partition coefficient (Wildman–Crippen LogP) is 2.29. The van der Waals surface area contributed by atoms with E-state index in [1.807, 2.05) is 5.01 Å². The molecule has 20 heavy (non-hydrogen) atoms. The molecular formula is C15H20N2O3. The Balaban J connectivity index is 2.18. The summed E-state index contributed by atoms with van der Waals surface area (Å²) in [5, 5.41) is 11.1. The third-order valence-electron chi connectivity index (χ3n) is 3.83. The zero-order valence-corrected chi connectivity index (χ0v) is 11.8. The number of nitrogens with zero attached hydrogens (tertiary/aromatic N) is 1. The van der Waals surface area contributed by atoms with Crippen molar-refractivity contribution in [1.29, 1.82) is 0 Å². The van der Waals surface area contributed by atoms with Gasteiger partial charge in [-0.05, 0) is 38.8 Å². The summed E-state index contributed by atoms with van der Waals surface area (Å²) in [5.41, 5.74) is 3.09. The van der Waals surface area contributed by atoms with Gasteiger partial charge in [-0.1, -0.05) is 18.6 Å². The van der Waals surface area contributed by atoms with Crippen molar-refractivity contribution in [2.24, 2.45) is 0 Å². The Labute approximate surface area is 118 Å². The van der Waals surface area contributed by atoms with E-state index in [9.17, 15) is 9.59 Å². The highest BCUT2D eigenvalue weighted by molar-refractivity contribution is 6.04. The van der Waals surface area contributed by atoms with Gasteiger partial charge in [0.1, 0.15) is 0 Å². The largest absolute Gasteiger partial charge is 0.478 e. The highest BCUT2D eigenvalue weighted by Gasteiger charge is 2.27. The number of hydrogen-bond donors (Lipinski definition) is 2. The number of carbonyl (C=O) groups excluding carboxylic acids is 1. The molecule has 1 aliphatic rings. The maximum atomic E-state index is 12.3. The summed E-state index contributed by atoms with van der Waals surface area (Å²) < 4.78 is 0. The van der Waals surface area contributed by atoms with Crippen LogP contribution in [0, 0.1) is 0 Å². The Hall–Kier alpha value is -1.88. The molecule has 1 saturated heterocycles. The Morgan fingerprint density at radius 3 is 2.25 bits per heavy atom. The summed E-state index contributed by atoms with van der Waals surface area (Å²) in [7, 11) is 0.